The normalized spacial score (nSPS) is 42.5. The van der Waals surface area contributed by atoms with Crippen LogP contribution >= 0.6 is 0 Å². The van der Waals surface area contributed by atoms with E-state index in [0.717, 1.165) is 36.8 Å². The lowest BCUT2D eigenvalue weighted by atomic mass is 9.47. The smallest absolute Gasteiger partial charge is 0.184 e. The Morgan fingerprint density at radius 1 is 1.00 bits per heavy atom. The average molecular weight is 433 g/mol. The molecular formula is C24H40N2O3Si. The van der Waals surface area contributed by atoms with Crippen molar-refractivity contribution in [1.82, 2.24) is 0 Å². The second-order valence-corrected chi connectivity index (χ2v) is 15.6. The van der Waals surface area contributed by atoms with E-state index in [0.29, 0.717) is 17.4 Å². The molecule has 0 heterocycles. The van der Waals surface area contributed by atoms with E-state index in [2.05, 4.69) is 49.2 Å². The minimum Gasteiger partial charge on any atom is -0.414 e. The van der Waals surface area contributed by atoms with Gasteiger partial charge in [0.1, 0.15) is 14.2 Å². The summed E-state index contributed by atoms with van der Waals surface area (Å²) in [6.07, 6.45) is 14.4. The van der Waals surface area contributed by atoms with Crippen molar-refractivity contribution < 1.29 is 14.1 Å². The topological polar surface area (TPSA) is 52.4 Å². The van der Waals surface area contributed by atoms with Gasteiger partial charge in [-0.15, -0.1) is 0 Å². The Morgan fingerprint density at radius 2 is 1.80 bits per heavy atom. The van der Waals surface area contributed by atoms with Gasteiger partial charge < -0.3 is 14.1 Å². The van der Waals surface area contributed by atoms with Crippen molar-refractivity contribution in [2.75, 3.05) is 14.2 Å². The summed E-state index contributed by atoms with van der Waals surface area (Å²) in [6.45, 7) is 9.55. The summed E-state index contributed by atoms with van der Waals surface area (Å²) >= 11 is 0. The van der Waals surface area contributed by atoms with Crippen molar-refractivity contribution in [3.63, 3.8) is 0 Å². The van der Waals surface area contributed by atoms with Gasteiger partial charge in [-0.1, -0.05) is 22.8 Å². The third kappa shape index (κ3) is 3.68. The zero-order valence-electron chi connectivity index (χ0n) is 19.7. The molecule has 0 amide bonds. The van der Waals surface area contributed by atoms with Crippen LogP contribution in [0.25, 0.3) is 0 Å². The summed E-state index contributed by atoms with van der Waals surface area (Å²) in [5.74, 6) is 2.16. The summed E-state index contributed by atoms with van der Waals surface area (Å²) < 4.78 is 6.74. The molecule has 4 aliphatic carbocycles. The second-order valence-electron chi connectivity index (χ2n) is 11.1. The Labute approximate surface area is 183 Å². The highest BCUT2D eigenvalue weighted by molar-refractivity contribution is 6.69. The van der Waals surface area contributed by atoms with Gasteiger partial charge in [-0.2, -0.15) is 0 Å². The van der Waals surface area contributed by atoms with Crippen molar-refractivity contribution in [1.29, 1.82) is 0 Å². The summed E-state index contributed by atoms with van der Waals surface area (Å²) in [4.78, 5) is 10.3. The van der Waals surface area contributed by atoms with Gasteiger partial charge in [-0.05, 0) is 100 Å². The van der Waals surface area contributed by atoms with E-state index < -0.39 is 8.32 Å². The first-order chi connectivity index (χ1) is 14.2. The predicted octanol–water partition coefficient (Wildman–Crippen LogP) is 5.78. The van der Waals surface area contributed by atoms with Crippen LogP contribution in [0.3, 0.4) is 0 Å². The maximum absolute atomic E-state index is 6.74. The molecule has 0 radical (unpaired) electrons. The molecule has 6 heteroatoms. The van der Waals surface area contributed by atoms with Crippen LogP contribution in [0.2, 0.25) is 19.6 Å². The average Bonchev–Trinajstić information content (AvgIpc) is 3.01. The number of fused-ring (bicyclic) bond motifs is 5. The SMILES string of the molecule is CO/N=C\[C@]12CC/C(=N\OC)C=C1CC[C@H]1[C@@H]3CC[C@H](O[Si](C)(C)C)[C@@]3(C)CC[C@@H]12. The monoisotopic (exact) mass is 432 g/mol. The quantitative estimate of drug-likeness (QED) is 0.314. The molecule has 0 aliphatic heterocycles. The van der Waals surface area contributed by atoms with Crippen LogP contribution < -0.4 is 0 Å². The molecule has 4 aliphatic rings. The van der Waals surface area contributed by atoms with Crippen molar-refractivity contribution >= 4 is 20.2 Å². The molecule has 0 N–H and O–H groups in total. The Kier molecular flexibility index (Phi) is 5.95. The van der Waals surface area contributed by atoms with E-state index in [1.807, 2.05) is 0 Å². The van der Waals surface area contributed by atoms with Crippen molar-refractivity contribution in [3.05, 3.63) is 11.6 Å². The third-order valence-electron chi connectivity index (χ3n) is 8.59. The van der Waals surface area contributed by atoms with E-state index >= 15 is 0 Å². The van der Waals surface area contributed by atoms with Gasteiger partial charge in [0, 0.05) is 5.41 Å². The molecule has 30 heavy (non-hydrogen) atoms. The van der Waals surface area contributed by atoms with Gasteiger partial charge >= 0.3 is 0 Å². The molecule has 4 rings (SSSR count). The Balaban J connectivity index is 1.65. The number of rotatable bonds is 5. The van der Waals surface area contributed by atoms with Crippen LogP contribution in [0.1, 0.15) is 58.3 Å². The molecule has 3 fully saturated rings. The standard InChI is InChI=1S/C24H40N2O3Si/c1-23-13-12-21-19(20(23)9-10-22(23)29-30(4,5)6)8-7-17-15-18(26-28-3)11-14-24(17,21)16-25-27-2/h15-16,19-22H,7-14H2,1-6H3/b25-16-,26-18+/t19-,20-,21-,22-,23-,24+/m0/s1. The molecule has 0 spiro atoms. The lowest BCUT2D eigenvalue weighted by molar-refractivity contribution is -0.0562. The van der Waals surface area contributed by atoms with Gasteiger partial charge in [0.25, 0.3) is 0 Å². The fourth-order valence-electron chi connectivity index (χ4n) is 7.43. The molecule has 6 atom stereocenters. The lowest BCUT2D eigenvalue weighted by Crippen LogP contribution is -2.53. The minimum absolute atomic E-state index is 0.0186. The number of oxime groups is 2. The number of nitrogens with zero attached hydrogens (tertiary/aromatic N) is 2. The summed E-state index contributed by atoms with van der Waals surface area (Å²) in [7, 11) is 1.76. The molecule has 0 aromatic carbocycles. The van der Waals surface area contributed by atoms with E-state index in [1.165, 1.54) is 37.7 Å². The Morgan fingerprint density at radius 3 is 2.50 bits per heavy atom. The van der Waals surface area contributed by atoms with Crippen LogP contribution in [0.4, 0.5) is 0 Å². The maximum atomic E-state index is 6.74. The molecule has 0 saturated heterocycles. The van der Waals surface area contributed by atoms with Crippen LogP contribution in [0.5, 0.6) is 0 Å². The summed E-state index contributed by atoms with van der Waals surface area (Å²) in [5, 5.41) is 8.59. The van der Waals surface area contributed by atoms with Gasteiger partial charge in [0.05, 0.1) is 18.0 Å². The highest BCUT2D eigenvalue weighted by Gasteiger charge is 2.60. The molecule has 168 valence electrons. The van der Waals surface area contributed by atoms with Gasteiger partial charge in [0.15, 0.2) is 8.32 Å². The zero-order chi connectivity index (χ0) is 21.6. The van der Waals surface area contributed by atoms with Crippen molar-refractivity contribution in [3.8, 4) is 0 Å². The number of allylic oxidation sites excluding steroid dienone is 2. The van der Waals surface area contributed by atoms with E-state index in [1.54, 1.807) is 14.2 Å². The molecule has 3 saturated carbocycles. The van der Waals surface area contributed by atoms with Gasteiger partial charge in [-0.25, -0.2) is 0 Å². The first-order valence-corrected chi connectivity index (χ1v) is 15.2. The fourth-order valence-corrected chi connectivity index (χ4v) is 8.68. The molecule has 0 aromatic rings. The van der Waals surface area contributed by atoms with Gasteiger partial charge in [-0.3, -0.25) is 0 Å². The summed E-state index contributed by atoms with van der Waals surface area (Å²) in [6, 6.07) is 0. The minimum atomic E-state index is -1.54. The van der Waals surface area contributed by atoms with E-state index in [-0.39, 0.29) is 5.41 Å². The van der Waals surface area contributed by atoms with Crippen LogP contribution in [-0.2, 0) is 14.1 Å². The van der Waals surface area contributed by atoms with E-state index in [4.69, 9.17) is 14.1 Å². The third-order valence-corrected chi connectivity index (χ3v) is 9.58. The molecule has 0 aromatic heterocycles. The highest BCUT2D eigenvalue weighted by Crippen LogP contribution is 2.65. The van der Waals surface area contributed by atoms with Crippen LogP contribution in [0, 0.1) is 28.6 Å². The van der Waals surface area contributed by atoms with Crippen LogP contribution in [0.15, 0.2) is 22.0 Å². The second kappa shape index (κ2) is 8.08. The zero-order valence-corrected chi connectivity index (χ0v) is 20.7. The first-order valence-electron chi connectivity index (χ1n) is 11.8. The van der Waals surface area contributed by atoms with Gasteiger partial charge in [0.2, 0.25) is 0 Å². The van der Waals surface area contributed by atoms with Crippen LogP contribution in [-0.4, -0.2) is 40.6 Å². The largest absolute Gasteiger partial charge is 0.414 e. The first kappa shape index (κ1) is 22.1. The molecule has 0 bridgehead atoms. The van der Waals surface area contributed by atoms with E-state index in [9.17, 15) is 0 Å². The number of hydrogen-bond donors (Lipinski definition) is 0. The Hall–Kier alpha value is -1.14. The Bertz CT molecular complexity index is 743. The maximum Gasteiger partial charge on any atom is 0.184 e. The molecule has 5 nitrogen and oxygen atoms in total. The van der Waals surface area contributed by atoms with Crippen molar-refractivity contribution in [2.24, 2.45) is 38.9 Å². The summed E-state index contributed by atoms with van der Waals surface area (Å²) in [5.41, 5.74) is 2.91. The fraction of sp³-hybridized carbons (Fsp3) is 0.833. The molecule has 0 unspecified atom stereocenters. The number of hydrogen-bond acceptors (Lipinski definition) is 5. The van der Waals surface area contributed by atoms with Crippen molar-refractivity contribution in [2.45, 2.75) is 84.0 Å². The molecular weight excluding hydrogens is 392 g/mol. The highest BCUT2D eigenvalue weighted by atomic mass is 28.4. The predicted molar refractivity (Wildman–Crippen MR) is 124 cm³/mol. The lowest BCUT2D eigenvalue weighted by Gasteiger charge is -2.58.